The molecule has 1 aliphatic heterocycles. The Labute approximate surface area is 61.4 Å². The topological polar surface area (TPSA) is 24.7 Å². The number of hydrogen-bond acceptors (Lipinski definition) is 2. The number of rotatable bonds is 0. The van der Waals surface area contributed by atoms with Crippen LogP contribution in [0.25, 0.3) is 0 Å². The average molecular weight is 136 g/mol. The predicted octanol–water partition coefficient (Wildman–Crippen LogP) is 1.82. The first-order valence-corrected chi connectivity index (χ1v) is 3.36. The smallest absolute Gasteiger partial charge is 0.110 e. The van der Waals surface area contributed by atoms with Crippen LogP contribution in [-0.4, -0.2) is 18.1 Å². The molecule has 0 spiro atoms. The van der Waals surface area contributed by atoms with E-state index in [0.29, 0.717) is 0 Å². The molecular weight excluding hydrogens is 124 g/mol. The molecular formula is C8H12N2. The van der Waals surface area contributed by atoms with Crippen molar-refractivity contribution in [1.82, 2.24) is 0 Å². The van der Waals surface area contributed by atoms with Gasteiger partial charge in [-0.3, -0.25) is 4.99 Å². The standard InChI is InChI=1S/C8H12N2/c1-7-4-8(2,3)10-6-9-5-7/h4-6H,1-3H3. The highest BCUT2D eigenvalue weighted by Crippen LogP contribution is 2.13. The van der Waals surface area contributed by atoms with Gasteiger partial charge in [0.2, 0.25) is 0 Å². The third kappa shape index (κ3) is 1.79. The van der Waals surface area contributed by atoms with Crippen LogP contribution >= 0.6 is 0 Å². The lowest BCUT2D eigenvalue weighted by atomic mass is 10.0. The Morgan fingerprint density at radius 2 is 2.10 bits per heavy atom. The third-order valence-electron chi connectivity index (χ3n) is 1.32. The summed E-state index contributed by atoms with van der Waals surface area (Å²) in [7, 11) is 0. The molecule has 0 aromatic heterocycles. The van der Waals surface area contributed by atoms with Crippen molar-refractivity contribution in [2.45, 2.75) is 26.3 Å². The molecule has 0 aromatic carbocycles. The van der Waals surface area contributed by atoms with Gasteiger partial charge < -0.3 is 0 Å². The zero-order valence-electron chi connectivity index (χ0n) is 6.63. The molecule has 0 saturated carbocycles. The van der Waals surface area contributed by atoms with Gasteiger partial charge >= 0.3 is 0 Å². The summed E-state index contributed by atoms with van der Waals surface area (Å²) in [4.78, 5) is 8.17. The highest BCUT2D eigenvalue weighted by Gasteiger charge is 2.11. The Hall–Kier alpha value is -0.920. The molecule has 0 unspecified atom stereocenters. The number of hydrogen-bond donors (Lipinski definition) is 0. The largest absolute Gasteiger partial charge is 0.263 e. The minimum atomic E-state index is -0.0828. The lowest BCUT2D eigenvalue weighted by Crippen LogP contribution is -2.12. The molecule has 54 valence electrons. The van der Waals surface area contributed by atoms with Crippen molar-refractivity contribution in [2.24, 2.45) is 9.98 Å². The molecule has 0 radical (unpaired) electrons. The second-order valence-electron chi connectivity index (χ2n) is 3.06. The van der Waals surface area contributed by atoms with Crippen LogP contribution in [0.4, 0.5) is 0 Å². The normalized spacial score (nSPS) is 22.1. The molecule has 0 fully saturated rings. The fourth-order valence-electron chi connectivity index (χ4n) is 0.965. The maximum Gasteiger partial charge on any atom is 0.110 e. The summed E-state index contributed by atoms with van der Waals surface area (Å²) in [5.74, 6) is 0. The summed E-state index contributed by atoms with van der Waals surface area (Å²) >= 11 is 0. The molecule has 2 heteroatoms. The summed E-state index contributed by atoms with van der Waals surface area (Å²) in [6.07, 6.45) is 5.52. The molecule has 1 aliphatic rings. The summed E-state index contributed by atoms with van der Waals surface area (Å²) in [5.41, 5.74) is 1.09. The van der Waals surface area contributed by atoms with Gasteiger partial charge in [-0.05, 0) is 26.3 Å². The van der Waals surface area contributed by atoms with Crippen LogP contribution < -0.4 is 0 Å². The maximum absolute atomic E-state index is 4.21. The molecule has 0 saturated heterocycles. The Balaban J connectivity index is 2.93. The van der Waals surface area contributed by atoms with Crippen molar-refractivity contribution >= 4 is 12.6 Å². The van der Waals surface area contributed by atoms with Crippen molar-refractivity contribution in [3.05, 3.63) is 11.6 Å². The molecule has 0 aliphatic carbocycles. The van der Waals surface area contributed by atoms with E-state index >= 15 is 0 Å². The first-order valence-electron chi connectivity index (χ1n) is 3.36. The SMILES string of the molecule is CC1=CC(C)(C)N=CN=C1. The van der Waals surface area contributed by atoms with Crippen LogP contribution in [0.3, 0.4) is 0 Å². The minimum Gasteiger partial charge on any atom is -0.263 e. The van der Waals surface area contributed by atoms with E-state index in [9.17, 15) is 0 Å². The van der Waals surface area contributed by atoms with Gasteiger partial charge in [0.05, 0.1) is 5.54 Å². The third-order valence-corrected chi connectivity index (χ3v) is 1.32. The van der Waals surface area contributed by atoms with E-state index in [1.54, 1.807) is 6.34 Å². The van der Waals surface area contributed by atoms with Crippen LogP contribution in [-0.2, 0) is 0 Å². The van der Waals surface area contributed by atoms with E-state index in [-0.39, 0.29) is 5.54 Å². The summed E-state index contributed by atoms with van der Waals surface area (Å²) < 4.78 is 0. The van der Waals surface area contributed by atoms with E-state index in [0.717, 1.165) is 0 Å². The molecule has 0 aromatic rings. The second-order valence-corrected chi connectivity index (χ2v) is 3.06. The van der Waals surface area contributed by atoms with Crippen molar-refractivity contribution < 1.29 is 0 Å². The Kier molecular flexibility index (Phi) is 1.70. The van der Waals surface area contributed by atoms with Crippen LogP contribution in [0.2, 0.25) is 0 Å². The maximum atomic E-state index is 4.21. The fraction of sp³-hybridized carbons (Fsp3) is 0.500. The lowest BCUT2D eigenvalue weighted by molar-refractivity contribution is 0.659. The quantitative estimate of drug-likeness (QED) is 0.485. The number of aliphatic imine (C=N–C) groups is 2. The molecule has 0 amide bonds. The van der Waals surface area contributed by atoms with Gasteiger partial charge in [0, 0.05) is 6.21 Å². The summed E-state index contributed by atoms with van der Waals surface area (Å²) in [6, 6.07) is 0. The highest BCUT2D eigenvalue weighted by atomic mass is 14.9. The predicted molar refractivity (Wildman–Crippen MR) is 44.8 cm³/mol. The van der Waals surface area contributed by atoms with Crippen LogP contribution in [0, 0.1) is 0 Å². The summed E-state index contributed by atoms with van der Waals surface area (Å²) in [5, 5.41) is 0. The molecule has 1 rings (SSSR count). The van der Waals surface area contributed by atoms with Crippen molar-refractivity contribution in [3.63, 3.8) is 0 Å². The molecule has 1 heterocycles. The van der Waals surface area contributed by atoms with Gasteiger partial charge in [0.25, 0.3) is 0 Å². The van der Waals surface area contributed by atoms with E-state index in [1.807, 2.05) is 13.1 Å². The zero-order chi connectivity index (χ0) is 7.61. The summed E-state index contributed by atoms with van der Waals surface area (Å²) in [6.45, 7) is 6.14. The highest BCUT2D eigenvalue weighted by molar-refractivity contribution is 5.85. The van der Waals surface area contributed by atoms with Gasteiger partial charge in [0.15, 0.2) is 0 Å². The van der Waals surface area contributed by atoms with Crippen molar-refractivity contribution in [3.8, 4) is 0 Å². The Morgan fingerprint density at radius 3 is 2.80 bits per heavy atom. The molecule has 0 bridgehead atoms. The van der Waals surface area contributed by atoms with Gasteiger partial charge in [-0.2, -0.15) is 0 Å². The zero-order valence-corrected chi connectivity index (χ0v) is 6.63. The molecule has 0 N–H and O–H groups in total. The van der Waals surface area contributed by atoms with E-state index in [4.69, 9.17) is 0 Å². The van der Waals surface area contributed by atoms with Gasteiger partial charge in [-0.25, -0.2) is 4.99 Å². The molecule has 2 nitrogen and oxygen atoms in total. The van der Waals surface area contributed by atoms with Crippen molar-refractivity contribution in [1.29, 1.82) is 0 Å². The fourth-order valence-corrected chi connectivity index (χ4v) is 0.965. The Morgan fingerprint density at radius 1 is 1.40 bits per heavy atom. The number of nitrogens with zero attached hydrogens (tertiary/aromatic N) is 2. The first-order chi connectivity index (χ1) is 4.60. The second kappa shape index (κ2) is 2.37. The average Bonchev–Trinajstić information content (AvgIpc) is 1.90. The van der Waals surface area contributed by atoms with Gasteiger partial charge in [0.1, 0.15) is 6.34 Å². The van der Waals surface area contributed by atoms with E-state index in [2.05, 4.69) is 29.9 Å². The Bertz CT molecular complexity index is 209. The van der Waals surface area contributed by atoms with E-state index in [1.165, 1.54) is 5.57 Å². The van der Waals surface area contributed by atoms with Crippen LogP contribution in [0.1, 0.15) is 20.8 Å². The molecule has 10 heavy (non-hydrogen) atoms. The van der Waals surface area contributed by atoms with E-state index < -0.39 is 0 Å². The van der Waals surface area contributed by atoms with Crippen LogP contribution in [0.5, 0.6) is 0 Å². The van der Waals surface area contributed by atoms with Gasteiger partial charge in [-0.15, -0.1) is 0 Å². The first kappa shape index (κ1) is 7.19. The minimum absolute atomic E-state index is 0.0828. The monoisotopic (exact) mass is 136 g/mol. The molecule has 0 atom stereocenters. The lowest BCUT2D eigenvalue weighted by Gasteiger charge is -2.12. The van der Waals surface area contributed by atoms with Crippen LogP contribution in [0.15, 0.2) is 21.6 Å². The van der Waals surface area contributed by atoms with Gasteiger partial charge in [-0.1, -0.05) is 6.08 Å². The van der Waals surface area contributed by atoms with Crippen molar-refractivity contribution in [2.75, 3.05) is 0 Å². The number of allylic oxidation sites excluding steroid dienone is 1.